The average Bonchev–Trinajstić information content (AvgIpc) is 3.12. The van der Waals surface area contributed by atoms with Gasteiger partial charge in [0.2, 0.25) is 0 Å². The number of fused-ring (bicyclic) bond motifs is 2. The Kier molecular flexibility index (Phi) is 4.33. The highest BCUT2D eigenvalue weighted by Crippen LogP contribution is 2.43. The molecule has 7 heteroatoms. The lowest BCUT2D eigenvalue weighted by atomic mass is 9.99. The SMILES string of the molecule is Nc1cc(-c2c(Cl)cc3c(N4CCCCC4)snc3c2F)c2ccccc2n1. The van der Waals surface area contributed by atoms with Crippen LogP contribution in [0.25, 0.3) is 32.9 Å². The predicted molar refractivity (Wildman–Crippen MR) is 116 cm³/mol. The van der Waals surface area contributed by atoms with E-state index in [-0.39, 0.29) is 0 Å². The van der Waals surface area contributed by atoms with Crippen LogP contribution in [0.15, 0.2) is 36.4 Å². The van der Waals surface area contributed by atoms with Crippen LogP contribution >= 0.6 is 23.1 Å². The first-order valence-electron chi connectivity index (χ1n) is 9.31. The monoisotopic (exact) mass is 412 g/mol. The van der Waals surface area contributed by atoms with E-state index in [0.717, 1.165) is 41.7 Å². The van der Waals surface area contributed by atoms with Gasteiger partial charge in [-0.3, -0.25) is 0 Å². The van der Waals surface area contributed by atoms with E-state index in [1.807, 2.05) is 30.3 Å². The van der Waals surface area contributed by atoms with Crippen molar-refractivity contribution in [2.45, 2.75) is 19.3 Å². The van der Waals surface area contributed by atoms with E-state index >= 15 is 4.39 Å². The standard InChI is InChI=1S/C21H18ClFN4S/c22-15-10-14-20(26-28-21(14)27-8-4-1-5-9-27)19(23)18(15)13-11-17(24)25-16-7-3-2-6-12(13)16/h2-3,6-7,10-11H,1,4-5,8-9H2,(H2,24,25). The number of aromatic nitrogens is 2. The maximum Gasteiger partial charge on any atom is 0.159 e. The minimum atomic E-state index is -0.405. The first kappa shape index (κ1) is 17.6. The van der Waals surface area contributed by atoms with Crippen molar-refractivity contribution >= 4 is 55.8 Å². The summed E-state index contributed by atoms with van der Waals surface area (Å²) < 4.78 is 20.1. The lowest BCUT2D eigenvalue weighted by molar-refractivity contribution is 0.581. The van der Waals surface area contributed by atoms with Gasteiger partial charge in [-0.2, -0.15) is 4.37 Å². The molecule has 3 heterocycles. The summed E-state index contributed by atoms with van der Waals surface area (Å²) in [5, 5.41) is 2.95. The number of benzene rings is 2. The first-order valence-corrected chi connectivity index (χ1v) is 10.5. The molecule has 5 rings (SSSR count). The highest BCUT2D eigenvalue weighted by molar-refractivity contribution is 7.11. The fourth-order valence-corrected chi connectivity index (χ4v) is 5.18. The maximum atomic E-state index is 15.6. The van der Waals surface area contributed by atoms with Crippen LogP contribution in [-0.4, -0.2) is 22.4 Å². The van der Waals surface area contributed by atoms with E-state index in [4.69, 9.17) is 17.3 Å². The summed E-state index contributed by atoms with van der Waals surface area (Å²) in [5.74, 6) is -0.0747. The van der Waals surface area contributed by atoms with Crippen LogP contribution in [0.1, 0.15) is 19.3 Å². The smallest absolute Gasteiger partial charge is 0.159 e. The topological polar surface area (TPSA) is 55.0 Å². The maximum absolute atomic E-state index is 15.6. The van der Waals surface area contributed by atoms with Gasteiger partial charge in [0.05, 0.1) is 10.5 Å². The lowest BCUT2D eigenvalue weighted by Gasteiger charge is -2.27. The molecule has 1 fully saturated rings. The van der Waals surface area contributed by atoms with Crippen LogP contribution < -0.4 is 10.6 Å². The Labute approximate surface area is 170 Å². The molecule has 0 saturated carbocycles. The Morgan fingerprint density at radius 2 is 1.86 bits per heavy atom. The summed E-state index contributed by atoms with van der Waals surface area (Å²) in [4.78, 5) is 6.63. The van der Waals surface area contributed by atoms with Crippen molar-refractivity contribution in [2.75, 3.05) is 23.7 Å². The van der Waals surface area contributed by atoms with Crippen molar-refractivity contribution in [3.8, 4) is 11.1 Å². The lowest BCUT2D eigenvalue weighted by Crippen LogP contribution is -2.28. The molecule has 1 aliphatic heterocycles. The molecule has 0 aliphatic carbocycles. The van der Waals surface area contributed by atoms with E-state index in [1.165, 1.54) is 18.0 Å². The second-order valence-corrected chi connectivity index (χ2v) is 8.25. The second kappa shape index (κ2) is 6.87. The van der Waals surface area contributed by atoms with Crippen molar-refractivity contribution in [2.24, 2.45) is 0 Å². The Bertz CT molecular complexity index is 1200. The van der Waals surface area contributed by atoms with Crippen molar-refractivity contribution < 1.29 is 4.39 Å². The van der Waals surface area contributed by atoms with Crippen molar-refractivity contribution in [3.05, 3.63) is 47.2 Å². The summed E-state index contributed by atoms with van der Waals surface area (Å²) >= 11 is 7.96. The van der Waals surface area contributed by atoms with Gasteiger partial charge in [0.1, 0.15) is 16.3 Å². The third kappa shape index (κ3) is 2.79. The number of anilines is 2. The largest absolute Gasteiger partial charge is 0.384 e. The second-order valence-electron chi connectivity index (χ2n) is 7.09. The summed E-state index contributed by atoms with van der Waals surface area (Å²) in [6, 6.07) is 11.1. The zero-order valence-electron chi connectivity index (χ0n) is 15.1. The van der Waals surface area contributed by atoms with Crippen LogP contribution in [0.3, 0.4) is 0 Å². The molecular formula is C21H18ClFN4S. The van der Waals surface area contributed by atoms with Gasteiger partial charge in [-0.1, -0.05) is 29.8 Å². The van der Waals surface area contributed by atoms with E-state index in [9.17, 15) is 0 Å². The normalized spacial score (nSPS) is 14.9. The van der Waals surface area contributed by atoms with Gasteiger partial charge in [0.25, 0.3) is 0 Å². The zero-order chi connectivity index (χ0) is 19.3. The van der Waals surface area contributed by atoms with Crippen LogP contribution in [0.4, 0.5) is 15.2 Å². The number of nitrogens with zero attached hydrogens (tertiary/aromatic N) is 3. The first-order chi connectivity index (χ1) is 13.6. The van der Waals surface area contributed by atoms with E-state index in [2.05, 4.69) is 14.3 Å². The minimum absolute atomic E-state index is 0.329. The number of halogens is 2. The number of nitrogens with two attached hydrogens (primary N) is 1. The van der Waals surface area contributed by atoms with Gasteiger partial charge in [0.15, 0.2) is 5.82 Å². The molecule has 1 aliphatic rings. The molecule has 2 aromatic heterocycles. The van der Waals surface area contributed by atoms with E-state index in [0.29, 0.717) is 33.0 Å². The Balaban J connectivity index is 1.74. The van der Waals surface area contributed by atoms with Crippen LogP contribution in [0.5, 0.6) is 0 Å². The number of nitrogen functional groups attached to an aromatic ring is 1. The quantitative estimate of drug-likeness (QED) is 0.447. The number of para-hydroxylation sites is 1. The van der Waals surface area contributed by atoms with Crippen LogP contribution in [0.2, 0.25) is 5.02 Å². The summed E-state index contributed by atoms with van der Waals surface area (Å²) in [6.45, 7) is 1.95. The summed E-state index contributed by atoms with van der Waals surface area (Å²) in [7, 11) is 0. The fourth-order valence-electron chi connectivity index (χ4n) is 3.97. The Hall–Kier alpha value is -2.44. The third-order valence-electron chi connectivity index (χ3n) is 5.29. The number of pyridine rings is 1. The third-order valence-corrected chi connectivity index (χ3v) is 6.52. The van der Waals surface area contributed by atoms with Gasteiger partial charge in [-0.15, -0.1) is 0 Å². The molecule has 2 N–H and O–H groups in total. The van der Waals surface area contributed by atoms with Crippen molar-refractivity contribution in [3.63, 3.8) is 0 Å². The van der Waals surface area contributed by atoms with E-state index < -0.39 is 5.82 Å². The molecule has 2 aromatic carbocycles. The molecule has 0 spiro atoms. The predicted octanol–water partition coefficient (Wildman–Crippen LogP) is 5.88. The van der Waals surface area contributed by atoms with Crippen molar-refractivity contribution in [1.82, 2.24) is 9.36 Å². The van der Waals surface area contributed by atoms with E-state index in [1.54, 1.807) is 6.07 Å². The van der Waals surface area contributed by atoms with Crippen LogP contribution in [0, 0.1) is 5.82 Å². The summed E-state index contributed by atoms with van der Waals surface area (Å²) in [5.41, 5.74) is 8.02. The Morgan fingerprint density at radius 3 is 2.68 bits per heavy atom. The number of rotatable bonds is 2. The molecule has 0 unspecified atom stereocenters. The molecule has 0 amide bonds. The molecule has 0 atom stereocenters. The van der Waals surface area contributed by atoms with Gasteiger partial charge < -0.3 is 10.6 Å². The summed E-state index contributed by atoms with van der Waals surface area (Å²) in [6.07, 6.45) is 3.54. The zero-order valence-corrected chi connectivity index (χ0v) is 16.7. The molecular weight excluding hydrogens is 395 g/mol. The molecule has 0 radical (unpaired) electrons. The van der Waals surface area contributed by atoms with Crippen molar-refractivity contribution in [1.29, 1.82) is 0 Å². The molecule has 28 heavy (non-hydrogen) atoms. The fraction of sp³-hybridized carbons (Fsp3) is 0.238. The highest BCUT2D eigenvalue weighted by Gasteiger charge is 2.23. The minimum Gasteiger partial charge on any atom is -0.384 e. The number of piperidine rings is 1. The average molecular weight is 413 g/mol. The molecule has 0 bridgehead atoms. The molecule has 142 valence electrons. The van der Waals surface area contributed by atoms with Gasteiger partial charge in [0, 0.05) is 29.4 Å². The Morgan fingerprint density at radius 1 is 1.07 bits per heavy atom. The van der Waals surface area contributed by atoms with Gasteiger partial charge in [-0.25, -0.2) is 9.37 Å². The van der Waals surface area contributed by atoms with Gasteiger partial charge >= 0.3 is 0 Å². The van der Waals surface area contributed by atoms with Crippen LogP contribution in [-0.2, 0) is 0 Å². The number of hydrogen-bond acceptors (Lipinski definition) is 5. The highest BCUT2D eigenvalue weighted by atomic mass is 35.5. The number of hydrogen-bond donors (Lipinski definition) is 1. The molecule has 4 aromatic rings. The van der Waals surface area contributed by atoms with Gasteiger partial charge in [-0.05, 0) is 54.6 Å². The molecule has 1 saturated heterocycles. The molecule has 4 nitrogen and oxygen atoms in total.